The second-order valence-corrected chi connectivity index (χ2v) is 10.5. The molecule has 4 N–H and O–H groups in total. The monoisotopic (exact) mass is 612 g/mol. The smallest absolute Gasteiger partial charge is 0.491 e. The van der Waals surface area contributed by atoms with E-state index in [1.807, 2.05) is 4.72 Å². The Bertz CT molecular complexity index is 1590. The van der Waals surface area contributed by atoms with Crippen LogP contribution in [0.5, 0.6) is 5.75 Å². The fourth-order valence-corrected chi connectivity index (χ4v) is 4.79. The minimum atomic E-state index is -5.55. The maximum absolute atomic E-state index is 13.0. The number of nitrogens with one attached hydrogen (secondary N) is 2. The number of amides is 1. The number of hydrogen-bond donors (Lipinski definition) is 3. The summed E-state index contributed by atoms with van der Waals surface area (Å²) in [6.07, 6.45) is -1.75. The molecule has 0 saturated heterocycles. The highest BCUT2D eigenvalue weighted by atomic mass is 32.2. The number of sulfonamides is 1. The zero-order chi connectivity index (χ0) is 30.9. The fraction of sp³-hybridized carbons (Fsp3) is 0.308. The highest BCUT2D eigenvalue weighted by molar-refractivity contribution is 7.89. The third kappa shape index (κ3) is 8.61. The van der Waals surface area contributed by atoms with Crippen molar-refractivity contribution in [2.45, 2.75) is 36.4 Å². The lowest BCUT2D eigenvalue weighted by Gasteiger charge is -2.18. The van der Waals surface area contributed by atoms with Crippen LogP contribution in [0, 0.1) is 0 Å². The van der Waals surface area contributed by atoms with Gasteiger partial charge in [0, 0.05) is 12.1 Å². The topological polar surface area (TPSA) is 175 Å². The molecule has 0 spiro atoms. The number of esters is 2. The van der Waals surface area contributed by atoms with Gasteiger partial charge < -0.3 is 20.5 Å². The minimum absolute atomic E-state index is 0.349. The summed E-state index contributed by atoms with van der Waals surface area (Å²) >= 11 is 0. The largest absolute Gasteiger partial charge is 0.492 e. The van der Waals surface area contributed by atoms with Crippen LogP contribution >= 0.6 is 0 Å². The van der Waals surface area contributed by atoms with Gasteiger partial charge in [0.05, 0.1) is 17.7 Å². The predicted octanol–water partition coefficient (Wildman–Crippen LogP) is 1.52. The molecular formula is C26H27F3N4O8S. The van der Waals surface area contributed by atoms with Crippen LogP contribution in [0.4, 0.5) is 13.2 Å². The Kier molecular flexibility index (Phi) is 10.8. The van der Waals surface area contributed by atoms with Gasteiger partial charge in [0.2, 0.25) is 10.0 Å². The molecule has 2 aromatic heterocycles. The Morgan fingerprint density at radius 2 is 1.67 bits per heavy atom. The van der Waals surface area contributed by atoms with E-state index in [4.69, 9.17) is 10.5 Å². The molecular weight excluding hydrogens is 585 g/mol. The van der Waals surface area contributed by atoms with E-state index in [-0.39, 0.29) is 4.90 Å². The van der Waals surface area contributed by atoms with E-state index < -0.39 is 57.8 Å². The number of benzene rings is 1. The number of carbonyl (C=O) groups is 3. The molecule has 0 bridgehead atoms. The standard InChI is InChI=1S/C26H27F3N4O8S/c27-26(28,29)25(37)41-24(36)21(32-42(38,39)19-7-3-1-4-8-19)15-31-22(34)20-12-10-17-9-11-18(16-33(17)23(20)35)40-14-6-2-5-13-30/h1,3-4,7-12,16,21,32H,2,5-6,13-15,30H2,(H,31,34)/t21-/m0/s1. The summed E-state index contributed by atoms with van der Waals surface area (Å²) in [5.74, 6) is -5.54. The summed E-state index contributed by atoms with van der Waals surface area (Å²) in [7, 11) is -4.52. The van der Waals surface area contributed by atoms with E-state index in [9.17, 15) is 40.8 Å². The van der Waals surface area contributed by atoms with Crippen molar-refractivity contribution in [2.75, 3.05) is 19.7 Å². The zero-order valence-electron chi connectivity index (χ0n) is 21.9. The van der Waals surface area contributed by atoms with Crippen molar-refractivity contribution >= 4 is 33.4 Å². The molecule has 0 aliphatic rings. The number of unbranched alkanes of at least 4 members (excludes halogenated alkanes) is 2. The van der Waals surface area contributed by atoms with E-state index in [0.29, 0.717) is 24.4 Å². The molecule has 3 rings (SSSR count). The Hall–Kier alpha value is -4.28. The van der Waals surface area contributed by atoms with Gasteiger partial charge in [0.1, 0.15) is 17.4 Å². The third-order valence-electron chi connectivity index (χ3n) is 5.71. The number of hydrogen-bond acceptors (Lipinski definition) is 9. The highest BCUT2D eigenvalue weighted by Gasteiger charge is 2.44. The molecule has 1 atom stereocenters. The summed E-state index contributed by atoms with van der Waals surface area (Å²) in [5.41, 5.74) is 4.64. The van der Waals surface area contributed by atoms with Crippen LogP contribution in [-0.2, 0) is 24.3 Å². The van der Waals surface area contributed by atoms with Gasteiger partial charge in [-0.25, -0.2) is 18.0 Å². The van der Waals surface area contributed by atoms with Gasteiger partial charge in [-0.1, -0.05) is 18.2 Å². The molecule has 12 nitrogen and oxygen atoms in total. The number of fused-ring (bicyclic) bond motifs is 1. The maximum atomic E-state index is 13.0. The molecule has 2 heterocycles. The van der Waals surface area contributed by atoms with Gasteiger partial charge in [-0.2, -0.15) is 17.9 Å². The van der Waals surface area contributed by atoms with E-state index in [1.54, 1.807) is 12.1 Å². The summed E-state index contributed by atoms with van der Waals surface area (Å²) in [5, 5.41) is 2.13. The van der Waals surface area contributed by atoms with Crippen LogP contribution in [0.2, 0.25) is 0 Å². The summed E-state index contributed by atoms with van der Waals surface area (Å²) in [4.78, 5) is 49.1. The van der Waals surface area contributed by atoms with Crippen LogP contribution in [0.1, 0.15) is 29.6 Å². The first-order valence-corrected chi connectivity index (χ1v) is 14.0. The minimum Gasteiger partial charge on any atom is -0.492 e. The molecule has 1 amide bonds. The van der Waals surface area contributed by atoms with E-state index in [2.05, 4.69) is 10.1 Å². The Morgan fingerprint density at radius 3 is 2.33 bits per heavy atom. The molecule has 1 aromatic carbocycles. The zero-order valence-corrected chi connectivity index (χ0v) is 22.7. The van der Waals surface area contributed by atoms with Gasteiger partial charge in [0.25, 0.3) is 11.5 Å². The SMILES string of the molecule is NCCCCCOc1ccc2ccc(C(=O)NC[C@H](NS(=O)(=O)c3ccccc3)C(=O)OC(=O)C(F)(F)F)c(=O)n2c1. The lowest BCUT2D eigenvalue weighted by atomic mass is 10.2. The number of nitrogens with two attached hydrogens (primary N) is 1. The van der Waals surface area contributed by atoms with E-state index in [1.165, 1.54) is 36.5 Å². The number of rotatable bonds is 13. The number of ether oxygens (including phenoxy) is 2. The average Bonchev–Trinajstić information content (AvgIpc) is 2.95. The van der Waals surface area contributed by atoms with Gasteiger partial charge in [-0.05, 0) is 62.2 Å². The average molecular weight is 613 g/mol. The third-order valence-corrected chi connectivity index (χ3v) is 7.20. The van der Waals surface area contributed by atoms with Gasteiger partial charge in [-0.15, -0.1) is 0 Å². The Balaban J connectivity index is 1.80. The number of pyridine rings is 2. The molecule has 0 saturated carbocycles. The molecule has 16 heteroatoms. The van der Waals surface area contributed by atoms with Gasteiger partial charge >= 0.3 is 18.1 Å². The predicted molar refractivity (Wildman–Crippen MR) is 142 cm³/mol. The van der Waals surface area contributed by atoms with Crippen molar-refractivity contribution in [3.8, 4) is 5.75 Å². The quantitative estimate of drug-likeness (QED) is 0.147. The Morgan fingerprint density at radius 1 is 0.976 bits per heavy atom. The lowest BCUT2D eigenvalue weighted by molar-refractivity contribution is -0.202. The number of aromatic nitrogens is 1. The van der Waals surface area contributed by atoms with Crippen molar-refractivity contribution in [3.63, 3.8) is 0 Å². The number of halogens is 3. The number of carbonyl (C=O) groups excluding carboxylic acids is 3. The summed E-state index contributed by atoms with van der Waals surface area (Å²) in [6, 6.07) is 10.1. The maximum Gasteiger partial charge on any atom is 0.491 e. The molecule has 3 aromatic rings. The van der Waals surface area contributed by atoms with E-state index >= 15 is 0 Å². The number of nitrogens with zero attached hydrogens (tertiary/aromatic N) is 1. The van der Waals surface area contributed by atoms with Crippen LogP contribution in [-0.4, -0.2) is 62.6 Å². The van der Waals surface area contributed by atoms with Crippen LogP contribution in [0.3, 0.4) is 0 Å². The normalized spacial score (nSPS) is 12.5. The van der Waals surface area contributed by atoms with Crippen molar-refractivity contribution in [1.82, 2.24) is 14.4 Å². The molecule has 0 fully saturated rings. The van der Waals surface area contributed by atoms with E-state index in [0.717, 1.165) is 35.8 Å². The molecule has 42 heavy (non-hydrogen) atoms. The molecule has 226 valence electrons. The fourth-order valence-electron chi connectivity index (χ4n) is 3.58. The molecule has 0 aliphatic heterocycles. The molecule has 0 aliphatic carbocycles. The van der Waals surface area contributed by atoms with Crippen molar-refractivity contribution in [3.05, 3.63) is 76.7 Å². The lowest BCUT2D eigenvalue weighted by Crippen LogP contribution is -2.50. The van der Waals surface area contributed by atoms with Crippen LogP contribution < -0.4 is 26.1 Å². The first-order chi connectivity index (χ1) is 19.8. The van der Waals surface area contributed by atoms with Crippen LogP contribution in [0.25, 0.3) is 5.52 Å². The highest BCUT2D eigenvalue weighted by Crippen LogP contribution is 2.17. The number of alkyl halides is 3. The van der Waals surface area contributed by atoms with Crippen molar-refractivity contribution < 1.29 is 45.4 Å². The molecule has 0 radical (unpaired) electrons. The first-order valence-electron chi connectivity index (χ1n) is 12.5. The summed E-state index contributed by atoms with van der Waals surface area (Å²) < 4.78 is 75.7. The van der Waals surface area contributed by atoms with Crippen LogP contribution in [0.15, 0.2) is 70.5 Å². The second-order valence-electron chi connectivity index (χ2n) is 8.81. The second kappa shape index (κ2) is 14.1. The first kappa shape index (κ1) is 32.2. The molecule has 0 unspecified atom stereocenters. The van der Waals surface area contributed by atoms with Crippen molar-refractivity contribution in [1.29, 1.82) is 0 Å². The van der Waals surface area contributed by atoms with Gasteiger partial charge in [0.15, 0.2) is 0 Å². The van der Waals surface area contributed by atoms with Crippen molar-refractivity contribution in [2.24, 2.45) is 5.73 Å². The Labute approximate surface area is 237 Å². The van der Waals surface area contributed by atoms with Gasteiger partial charge in [-0.3, -0.25) is 14.0 Å². The summed E-state index contributed by atoms with van der Waals surface area (Å²) in [6.45, 7) is -0.0423.